The van der Waals surface area contributed by atoms with Gasteiger partial charge in [0.05, 0.1) is 16.6 Å². The predicted molar refractivity (Wildman–Crippen MR) is 130 cm³/mol. The summed E-state index contributed by atoms with van der Waals surface area (Å²) >= 11 is 0. The van der Waals surface area contributed by atoms with Gasteiger partial charge in [-0.1, -0.05) is 13.8 Å². The fourth-order valence-electron chi connectivity index (χ4n) is 4.37. The minimum Gasteiger partial charge on any atom is -0.471 e. The van der Waals surface area contributed by atoms with E-state index in [0.29, 0.717) is 17.9 Å². The molecular formula is C27H32N4O3. The van der Waals surface area contributed by atoms with Crippen LogP contribution in [-0.4, -0.2) is 32.6 Å². The zero-order chi connectivity index (χ0) is 24.3. The standard InChI is InChI=1S/C27H32N4O3/c1-6-27(5,28)22-14-30-24(34-26(4)9-10-26)21-13-29-18(12-20(21)22)11-17-7-8-19-23(31-17)15(2)16(3)33-25(19)32/h7-8,12-16H,6,9-11,28H2,1-5H3/t15-,16+,27-/m1/s1. The molecule has 4 heterocycles. The van der Waals surface area contributed by atoms with E-state index in [9.17, 15) is 4.79 Å². The van der Waals surface area contributed by atoms with Crippen molar-refractivity contribution in [2.45, 2.75) is 83.5 Å². The Morgan fingerprint density at radius 3 is 2.65 bits per heavy atom. The van der Waals surface area contributed by atoms with Crippen LogP contribution in [0, 0.1) is 0 Å². The molecule has 1 aliphatic carbocycles. The van der Waals surface area contributed by atoms with Crippen LogP contribution in [0.1, 0.15) is 92.8 Å². The summed E-state index contributed by atoms with van der Waals surface area (Å²) in [6.07, 6.45) is 6.88. The number of hydrogen-bond acceptors (Lipinski definition) is 7. The maximum absolute atomic E-state index is 12.2. The fraction of sp³-hybridized carbons (Fsp3) is 0.481. The van der Waals surface area contributed by atoms with Gasteiger partial charge < -0.3 is 15.2 Å². The van der Waals surface area contributed by atoms with E-state index >= 15 is 0 Å². The molecule has 34 heavy (non-hydrogen) atoms. The second-order valence-electron chi connectivity index (χ2n) is 10.3. The quantitative estimate of drug-likeness (QED) is 0.528. The summed E-state index contributed by atoms with van der Waals surface area (Å²) in [5.41, 5.74) is 10.0. The predicted octanol–water partition coefficient (Wildman–Crippen LogP) is 4.79. The highest BCUT2D eigenvalue weighted by Gasteiger charge is 2.41. The van der Waals surface area contributed by atoms with Crippen LogP contribution in [-0.2, 0) is 16.7 Å². The molecule has 7 heteroatoms. The van der Waals surface area contributed by atoms with Gasteiger partial charge in [0.1, 0.15) is 11.7 Å². The number of carbonyl (C=O) groups is 1. The molecule has 3 aromatic heterocycles. The Hall–Kier alpha value is -3.06. The number of esters is 1. The van der Waals surface area contributed by atoms with E-state index in [4.69, 9.17) is 25.2 Å². The molecule has 178 valence electrons. The van der Waals surface area contributed by atoms with Crippen LogP contribution < -0.4 is 10.5 Å². The number of cyclic esters (lactones) is 1. The number of nitrogens with zero attached hydrogens (tertiary/aromatic N) is 3. The third kappa shape index (κ3) is 4.02. The molecule has 0 spiro atoms. The molecule has 1 saturated carbocycles. The molecular weight excluding hydrogens is 428 g/mol. The number of hydrogen-bond donors (Lipinski definition) is 1. The monoisotopic (exact) mass is 460 g/mol. The average Bonchev–Trinajstić information content (AvgIpc) is 3.54. The second-order valence-corrected chi connectivity index (χ2v) is 10.3. The summed E-state index contributed by atoms with van der Waals surface area (Å²) < 4.78 is 11.6. The molecule has 3 atom stereocenters. The van der Waals surface area contributed by atoms with Crippen molar-refractivity contribution < 1.29 is 14.3 Å². The summed E-state index contributed by atoms with van der Waals surface area (Å²) in [6.45, 7) is 10.1. The summed E-state index contributed by atoms with van der Waals surface area (Å²) in [4.78, 5) is 26.4. The summed E-state index contributed by atoms with van der Waals surface area (Å²) in [5, 5.41) is 1.89. The molecule has 1 fully saturated rings. The lowest BCUT2D eigenvalue weighted by Gasteiger charge is -2.27. The van der Waals surface area contributed by atoms with Gasteiger partial charge in [-0.2, -0.15) is 0 Å². The Balaban J connectivity index is 1.55. The largest absolute Gasteiger partial charge is 0.471 e. The van der Waals surface area contributed by atoms with E-state index < -0.39 is 5.54 Å². The molecule has 5 rings (SSSR count). The Morgan fingerprint density at radius 1 is 1.18 bits per heavy atom. The van der Waals surface area contributed by atoms with Crippen LogP contribution in [0.4, 0.5) is 0 Å². The van der Waals surface area contributed by atoms with Crippen molar-refractivity contribution in [1.29, 1.82) is 0 Å². The van der Waals surface area contributed by atoms with E-state index in [1.165, 1.54) is 0 Å². The van der Waals surface area contributed by atoms with Gasteiger partial charge >= 0.3 is 5.97 Å². The third-order valence-electron chi connectivity index (χ3n) is 7.43. The van der Waals surface area contributed by atoms with Crippen LogP contribution in [0.2, 0.25) is 0 Å². The lowest BCUT2D eigenvalue weighted by molar-refractivity contribution is 0.0234. The van der Waals surface area contributed by atoms with Gasteiger partial charge in [0.2, 0.25) is 5.88 Å². The lowest BCUT2D eigenvalue weighted by atomic mass is 9.88. The average molecular weight is 461 g/mol. The molecule has 1 aliphatic heterocycles. The molecule has 7 nitrogen and oxygen atoms in total. The topological polar surface area (TPSA) is 100 Å². The van der Waals surface area contributed by atoms with E-state index in [0.717, 1.165) is 52.7 Å². The van der Waals surface area contributed by atoms with Crippen LogP contribution >= 0.6 is 0 Å². The Morgan fingerprint density at radius 2 is 1.94 bits per heavy atom. The zero-order valence-electron chi connectivity index (χ0n) is 20.5. The van der Waals surface area contributed by atoms with Crippen molar-refractivity contribution in [2.24, 2.45) is 5.73 Å². The molecule has 0 bridgehead atoms. The lowest BCUT2D eigenvalue weighted by Crippen LogP contribution is -2.32. The highest BCUT2D eigenvalue weighted by atomic mass is 16.5. The first-order valence-corrected chi connectivity index (χ1v) is 12.1. The van der Waals surface area contributed by atoms with E-state index in [-0.39, 0.29) is 23.6 Å². The third-order valence-corrected chi connectivity index (χ3v) is 7.43. The zero-order valence-corrected chi connectivity index (χ0v) is 20.5. The van der Waals surface area contributed by atoms with Gasteiger partial charge in [-0.25, -0.2) is 9.78 Å². The number of rotatable bonds is 6. The second kappa shape index (κ2) is 8.01. The van der Waals surface area contributed by atoms with Gasteiger partial charge in [-0.15, -0.1) is 0 Å². The number of pyridine rings is 3. The number of aromatic nitrogens is 3. The van der Waals surface area contributed by atoms with E-state index in [1.807, 2.05) is 45.3 Å². The molecule has 0 aromatic carbocycles. The first-order valence-electron chi connectivity index (χ1n) is 12.1. The van der Waals surface area contributed by atoms with E-state index in [1.54, 1.807) is 0 Å². The molecule has 2 aliphatic rings. The van der Waals surface area contributed by atoms with Crippen molar-refractivity contribution >= 4 is 16.7 Å². The molecule has 0 amide bonds. The van der Waals surface area contributed by atoms with Crippen molar-refractivity contribution in [1.82, 2.24) is 15.0 Å². The Kier molecular flexibility index (Phi) is 5.35. The smallest absolute Gasteiger partial charge is 0.340 e. The minimum absolute atomic E-state index is 0.0425. The van der Waals surface area contributed by atoms with Crippen LogP contribution in [0.15, 0.2) is 30.6 Å². The Labute approximate surface area is 200 Å². The van der Waals surface area contributed by atoms with Gasteiger partial charge in [0.25, 0.3) is 0 Å². The SMILES string of the molecule is CC[C@@](C)(N)c1cnc(OC2(C)CC2)c2cnc(Cc3ccc4c(n3)[C@H](C)[C@H](C)OC4=O)cc12. The normalized spacial score (nSPS) is 22.6. The van der Waals surface area contributed by atoms with Crippen molar-refractivity contribution in [3.05, 3.63) is 58.8 Å². The summed E-state index contributed by atoms with van der Waals surface area (Å²) in [5.74, 6) is 0.345. The van der Waals surface area contributed by atoms with Gasteiger partial charge in [0.15, 0.2) is 0 Å². The molecule has 0 saturated heterocycles. The maximum Gasteiger partial charge on any atom is 0.340 e. The van der Waals surface area contributed by atoms with Gasteiger partial charge in [-0.3, -0.25) is 9.97 Å². The summed E-state index contributed by atoms with van der Waals surface area (Å²) in [7, 11) is 0. The fourth-order valence-corrected chi connectivity index (χ4v) is 4.37. The highest BCUT2D eigenvalue weighted by molar-refractivity contribution is 5.92. The first kappa shape index (κ1) is 22.7. The molecule has 3 aromatic rings. The van der Waals surface area contributed by atoms with E-state index in [2.05, 4.69) is 24.9 Å². The molecule has 2 N–H and O–H groups in total. The van der Waals surface area contributed by atoms with Crippen molar-refractivity contribution in [3.8, 4) is 5.88 Å². The summed E-state index contributed by atoms with van der Waals surface area (Å²) in [6, 6.07) is 5.77. The highest BCUT2D eigenvalue weighted by Crippen LogP contribution is 2.42. The van der Waals surface area contributed by atoms with Crippen molar-refractivity contribution in [2.75, 3.05) is 0 Å². The van der Waals surface area contributed by atoms with Crippen LogP contribution in [0.5, 0.6) is 5.88 Å². The number of nitrogens with two attached hydrogens (primary N) is 1. The minimum atomic E-state index is -0.526. The number of ether oxygens (including phenoxy) is 2. The van der Waals surface area contributed by atoms with Gasteiger partial charge in [0, 0.05) is 41.7 Å². The van der Waals surface area contributed by atoms with Crippen LogP contribution in [0.3, 0.4) is 0 Å². The maximum atomic E-state index is 12.2. The first-order chi connectivity index (χ1) is 16.1. The molecule has 0 unspecified atom stereocenters. The van der Waals surface area contributed by atoms with Crippen molar-refractivity contribution in [3.63, 3.8) is 0 Å². The molecule has 0 radical (unpaired) electrons. The van der Waals surface area contributed by atoms with Gasteiger partial charge in [-0.05, 0) is 69.2 Å². The van der Waals surface area contributed by atoms with Crippen LogP contribution in [0.25, 0.3) is 10.8 Å². The Bertz CT molecular complexity index is 1280. The number of fused-ring (bicyclic) bond motifs is 2. The number of carbonyl (C=O) groups excluding carboxylic acids is 1.